The zero-order valence-corrected chi connectivity index (χ0v) is 25.1. The molecule has 2 aliphatic heterocycles. The number of anilines is 1. The van der Waals surface area contributed by atoms with Crippen LogP contribution in [0, 0.1) is 5.92 Å². The van der Waals surface area contributed by atoms with Crippen molar-refractivity contribution in [3.05, 3.63) is 79.0 Å². The van der Waals surface area contributed by atoms with Gasteiger partial charge in [0.05, 0.1) is 18.8 Å². The lowest BCUT2D eigenvalue weighted by Gasteiger charge is -2.30. The molecule has 1 saturated heterocycles. The standard InChI is InChI=1S/C34H40N6O4/c1-2-44-33(43)34-21-25(34)16-10-4-3-5-13-19-28(35-26-17-11-7-12-18-26)32(42)39-22-27(20-30(39)31(41)36-34)40-23-29(37-38-40)24-14-8-6-9-15-24/h6-12,14-18,23,25,27-28,30,35H,2-5,13,19-22H2,1H3,(H,36,41)/b16-10-/t25-,27-,28+,30+,34-/m1/s1. The zero-order chi connectivity index (χ0) is 30.5. The van der Waals surface area contributed by atoms with Gasteiger partial charge in [-0.15, -0.1) is 5.10 Å². The molecule has 6 rings (SSSR count). The Morgan fingerprint density at radius 2 is 1.84 bits per heavy atom. The summed E-state index contributed by atoms with van der Waals surface area (Å²) in [6.45, 7) is 2.29. The number of rotatable bonds is 6. The Balaban J connectivity index is 1.31. The largest absolute Gasteiger partial charge is 0.464 e. The summed E-state index contributed by atoms with van der Waals surface area (Å²) in [7, 11) is 0. The van der Waals surface area contributed by atoms with E-state index in [0.29, 0.717) is 25.8 Å². The maximum atomic E-state index is 14.4. The summed E-state index contributed by atoms with van der Waals surface area (Å²) in [5.41, 5.74) is 1.42. The predicted octanol–water partition coefficient (Wildman–Crippen LogP) is 4.53. The minimum atomic E-state index is -1.11. The number of benzene rings is 2. The van der Waals surface area contributed by atoms with Crippen molar-refractivity contribution in [2.45, 2.75) is 75.5 Å². The number of aromatic nitrogens is 3. The molecule has 0 unspecified atom stereocenters. The van der Waals surface area contributed by atoms with Crippen LogP contribution in [0.5, 0.6) is 0 Å². The average molecular weight is 597 g/mol. The molecule has 10 nitrogen and oxygen atoms in total. The summed E-state index contributed by atoms with van der Waals surface area (Å²) in [5, 5.41) is 15.3. The Labute approximate surface area is 257 Å². The van der Waals surface area contributed by atoms with Gasteiger partial charge in [-0.2, -0.15) is 0 Å². The smallest absolute Gasteiger partial charge is 0.332 e. The van der Waals surface area contributed by atoms with E-state index in [-0.39, 0.29) is 30.4 Å². The van der Waals surface area contributed by atoms with Crippen LogP contribution >= 0.6 is 0 Å². The van der Waals surface area contributed by atoms with Crippen LogP contribution < -0.4 is 10.6 Å². The van der Waals surface area contributed by atoms with Crippen molar-refractivity contribution >= 4 is 23.5 Å². The fraction of sp³-hybridized carbons (Fsp3) is 0.441. The first kappa shape index (κ1) is 29.6. The van der Waals surface area contributed by atoms with Crippen molar-refractivity contribution in [1.82, 2.24) is 25.2 Å². The lowest BCUT2D eigenvalue weighted by atomic mass is 10.0. The molecule has 10 heteroatoms. The van der Waals surface area contributed by atoms with Gasteiger partial charge in [-0.05, 0) is 44.7 Å². The van der Waals surface area contributed by atoms with Crippen LogP contribution in [0.2, 0.25) is 0 Å². The van der Waals surface area contributed by atoms with Gasteiger partial charge >= 0.3 is 5.97 Å². The summed E-state index contributed by atoms with van der Waals surface area (Å²) in [6.07, 6.45) is 11.2. The van der Waals surface area contributed by atoms with Crippen molar-refractivity contribution in [2.75, 3.05) is 18.5 Å². The van der Waals surface area contributed by atoms with Crippen molar-refractivity contribution in [1.29, 1.82) is 0 Å². The molecule has 230 valence electrons. The fourth-order valence-electron chi connectivity index (χ4n) is 6.45. The predicted molar refractivity (Wildman–Crippen MR) is 166 cm³/mol. The third-order valence-electron chi connectivity index (χ3n) is 8.96. The molecule has 3 heterocycles. The van der Waals surface area contributed by atoms with E-state index in [4.69, 9.17) is 4.74 Å². The maximum Gasteiger partial charge on any atom is 0.332 e. The quantitative estimate of drug-likeness (QED) is 0.317. The van der Waals surface area contributed by atoms with E-state index in [1.807, 2.05) is 72.9 Å². The number of carbonyl (C=O) groups excluding carboxylic acids is 3. The van der Waals surface area contributed by atoms with Gasteiger partial charge in [-0.1, -0.05) is 78.7 Å². The van der Waals surface area contributed by atoms with Crippen LogP contribution in [0.25, 0.3) is 11.3 Å². The molecule has 1 aliphatic carbocycles. The number of hydrogen-bond donors (Lipinski definition) is 2. The second kappa shape index (κ2) is 13.0. The average Bonchev–Trinajstić information content (AvgIpc) is 3.36. The first-order valence-corrected chi connectivity index (χ1v) is 15.7. The molecule has 0 bridgehead atoms. The summed E-state index contributed by atoms with van der Waals surface area (Å²) >= 11 is 0. The molecule has 2 aromatic carbocycles. The van der Waals surface area contributed by atoms with Crippen molar-refractivity contribution in [3.8, 4) is 11.3 Å². The molecule has 0 radical (unpaired) electrons. The summed E-state index contributed by atoms with van der Waals surface area (Å²) < 4.78 is 7.18. The summed E-state index contributed by atoms with van der Waals surface area (Å²) in [4.78, 5) is 43.3. The van der Waals surface area contributed by atoms with Gasteiger partial charge in [0.1, 0.15) is 23.3 Å². The number of carbonyl (C=O) groups is 3. The first-order chi connectivity index (χ1) is 21.5. The molecule has 5 atom stereocenters. The lowest BCUT2D eigenvalue weighted by molar-refractivity contribution is -0.150. The maximum absolute atomic E-state index is 14.4. The number of ether oxygens (including phenoxy) is 1. The number of nitrogens with zero attached hydrogens (tertiary/aromatic N) is 4. The molecule has 1 aromatic heterocycles. The molecule has 2 amide bonds. The number of allylic oxidation sites excluding steroid dienone is 1. The van der Waals surface area contributed by atoms with E-state index in [2.05, 4.69) is 27.0 Å². The van der Waals surface area contributed by atoms with Gasteiger partial charge in [-0.25, -0.2) is 9.48 Å². The number of fused-ring (bicyclic) bond motifs is 2. The number of amides is 2. The SMILES string of the molecule is CCOC(=O)[C@@]12C[C@H]1/C=C\CCCCC[C@H](Nc1ccccc1)C(=O)N1C[C@H](n3cc(-c4ccccc4)nn3)C[C@H]1C(=O)N2. The van der Waals surface area contributed by atoms with Gasteiger partial charge in [0.15, 0.2) is 0 Å². The monoisotopic (exact) mass is 596 g/mol. The lowest BCUT2D eigenvalue weighted by Crippen LogP contribution is -2.55. The molecule has 0 spiro atoms. The summed E-state index contributed by atoms with van der Waals surface area (Å²) in [6, 6.07) is 17.9. The zero-order valence-electron chi connectivity index (χ0n) is 25.1. The van der Waals surface area contributed by atoms with E-state index < -0.39 is 23.6 Å². The Hall–Kier alpha value is -4.47. The third-order valence-corrected chi connectivity index (χ3v) is 8.96. The van der Waals surface area contributed by atoms with Crippen molar-refractivity contribution in [3.63, 3.8) is 0 Å². The minimum absolute atomic E-state index is 0.131. The van der Waals surface area contributed by atoms with Crippen LogP contribution in [0.1, 0.15) is 57.9 Å². The molecule has 3 aromatic rings. The Morgan fingerprint density at radius 3 is 2.61 bits per heavy atom. The van der Waals surface area contributed by atoms with Gasteiger partial charge in [-0.3, -0.25) is 9.59 Å². The van der Waals surface area contributed by atoms with Crippen LogP contribution in [0.4, 0.5) is 5.69 Å². The van der Waals surface area contributed by atoms with Crippen LogP contribution in [0.3, 0.4) is 0 Å². The van der Waals surface area contributed by atoms with Gasteiger partial charge in [0, 0.05) is 30.1 Å². The van der Waals surface area contributed by atoms with Crippen LogP contribution in [0.15, 0.2) is 79.0 Å². The summed E-state index contributed by atoms with van der Waals surface area (Å²) in [5.74, 6) is -1.03. The molecule has 1 saturated carbocycles. The van der Waals surface area contributed by atoms with Gasteiger partial charge < -0.3 is 20.3 Å². The normalized spacial score (nSPS) is 28.1. The highest BCUT2D eigenvalue weighted by Gasteiger charge is 2.62. The Bertz CT molecular complexity index is 1490. The molecular weight excluding hydrogens is 556 g/mol. The van der Waals surface area contributed by atoms with E-state index in [0.717, 1.165) is 42.6 Å². The number of esters is 1. The molecule has 2 fully saturated rings. The molecule has 2 N–H and O–H groups in total. The Morgan fingerprint density at radius 1 is 1.07 bits per heavy atom. The third kappa shape index (κ3) is 6.25. The van der Waals surface area contributed by atoms with Crippen LogP contribution in [-0.2, 0) is 19.1 Å². The van der Waals surface area contributed by atoms with Crippen molar-refractivity contribution in [2.24, 2.45) is 5.92 Å². The van der Waals surface area contributed by atoms with Crippen LogP contribution in [-0.4, -0.2) is 68.5 Å². The second-order valence-corrected chi connectivity index (χ2v) is 12.0. The number of nitrogens with one attached hydrogen (secondary N) is 2. The fourth-order valence-corrected chi connectivity index (χ4v) is 6.45. The van der Waals surface area contributed by atoms with Crippen molar-refractivity contribution < 1.29 is 19.1 Å². The minimum Gasteiger partial charge on any atom is -0.464 e. The number of hydrogen-bond acceptors (Lipinski definition) is 7. The van der Waals surface area contributed by atoms with E-state index in [1.165, 1.54) is 0 Å². The molecule has 44 heavy (non-hydrogen) atoms. The van der Waals surface area contributed by atoms with E-state index in [1.54, 1.807) is 16.5 Å². The van der Waals surface area contributed by atoms with E-state index in [9.17, 15) is 14.4 Å². The highest BCUT2D eigenvalue weighted by atomic mass is 16.5. The number of para-hydroxylation sites is 1. The van der Waals surface area contributed by atoms with Gasteiger partial charge in [0.25, 0.3) is 0 Å². The highest BCUT2D eigenvalue weighted by Crippen LogP contribution is 2.46. The highest BCUT2D eigenvalue weighted by molar-refractivity contribution is 5.96. The topological polar surface area (TPSA) is 118 Å². The second-order valence-electron chi connectivity index (χ2n) is 12.0. The Kier molecular flexibility index (Phi) is 8.77. The van der Waals surface area contributed by atoms with Gasteiger partial charge in [0.2, 0.25) is 11.8 Å². The first-order valence-electron chi connectivity index (χ1n) is 15.7. The van der Waals surface area contributed by atoms with E-state index >= 15 is 0 Å². The molecular formula is C34H40N6O4. The molecule has 3 aliphatic rings.